The second-order valence-electron chi connectivity index (χ2n) is 4.35. The number of carbonyl (C=O) groups excluding carboxylic acids is 2. The zero-order chi connectivity index (χ0) is 17.2. The lowest BCUT2D eigenvalue weighted by Gasteiger charge is -2.08. The number of nitrogens with one attached hydrogen (secondary N) is 2. The van der Waals surface area contributed by atoms with Gasteiger partial charge in [0.1, 0.15) is 13.2 Å². The van der Waals surface area contributed by atoms with Crippen LogP contribution in [0.2, 0.25) is 0 Å². The molecule has 0 spiro atoms. The van der Waals surface area contributed by atoms with E-state index in [1.807, 2.05) is 0 Å². The molecule has 0 bridgehead atoms. The van der Waals surface area contributed by atoms with Gasteiger partial charge in [-0.25, -0.2) is 0 Å². The Bertz CT molecular complexity index is 303. The molecule has 0 unspecified atom stereocenters. The van der Waals surface area contributed by atoms with E-state index in [0.717, 1.165) is 0 Å². The zero-order valence-corrected chi connectivity index (χ0v) is 13.9. The number of rotatable bonds is 16. The Morgan fingerprint density at radius 1 is 0.739 bits per heavy atom. The van der Waals surface area contributed by atoms with Gasteiger partial charge in [-0.15, -0.1) is 0 Å². The molecule has 2 N–H and O–H groups in total. The van der Waals surface area contributed by atoms with Gasteiger partial charge in [-0.2, -0.15) is 0 Å². The third kappa shape index (κ3) is 16.9. The highest BCUT2D eigenvalue weighted by atomic mass is 16.5. The highest BCUT2D eigenvalue weighted by molar-refractivity contribution is 5.77. The van der Waals surface area contributed by atoms with E-state index in [0.29, 0.717) is 52.8 Å². The highest BCUT2D eigenvalue weighted by Crippen LogP contribution is 1.82. The molecule has 0 radical (unpaired) electrons. The second-order valence-corrected chi connectivity index (χ2v) is 4.35. The molecule has 0 heterocycles. The molecule has 0 aromatic rings. The maximum Gasteiger partial charge on any atom is 0.246 e. The van der Waals surface area contributed by atoms with E-state index < -0.39 is 0 Å². The second kappa shape index (κ2) is 17.1. The molecular weight excluding hydrogens is 308 g/mol. The topological polar surface area (TPSA) is 104 Å². The quantitative estimate of drug-likeness (QED) is 0.333. The van der Waals surface area contributed by atoms with Crippen LogP contribution in [0.4, 0.5) is 0 Å². The molecule has 0 aromatic heterocycles. The van der Waals surface area contributed by atoms with Crippen molar-refractivity contribution in [3.63, 3.8) is 0 Å². The van der Waals surface area contributed by atoms with Crippen LogP contribution in [0.3, 0.4) is 0 Å². The first-order chi connectivity index (χ1) is 11.2. The van der Waals surface area contributed by atoms with E-state index >= 15 is 0 Å². The normalized spacial score (nSPS) is 10.5. The van der Waals surface area contributed by atoms with Crippen molar-refractivity contribution < 1.29 is 33.3 Å². The molecule has 136 valence electrons. The third-order valence-corrected chi connectivity index (χ3v) is 2.49. The molecule has 0 rings (SSSR count). The van der Waals surface area contributed by atoms with Gasteiger partial charge in [-0.1, -0.05) is 0 Å². The lowest BCUT2D eigenvalue weighted by atomic mass is 10.6. The van der Waals surface area contributed by atoms with Crippen LogP contribution < -0.4 is 10.6 Å². The Kier molecular flexibility index (Phi) is 16.2. The minimum Gasteiger partial charge on any atom is -0.382 e. The first kappa shape index (κ1) is 21.7. The lowest BCUT2D eigenvalue weighted by molar-refractivity contribution is -0.126. The number of likely N-dealkylation sites (N-methyl/N-ethyl adjacent to an activating group) is 1. The average molecular weight is 336 g/mol. The van der Waals surface area contributed by atoms with Gasteiger partial charge in [0.05, 0.1) is 46.2 Å². The van der Waals surface area contributed by atoms with Gasteiger partial charge in [-0.3, -0.25) is 9.59 Å². The van der Waals surface area contributed by atoms with Crippen LogP contribution in [0, 0.1) is 0 Å². The van der Waals surface area contributed by atoms with Crippen LogP contribution in [-0.2, 0) is 33.3 Å². The van der Waals surface area contributed by atoms with E-state index in [2.05, 4.69) is 10.6 Å². The number of methoxy groups -OCH3 is 1. The molecule has 0 saturated heterocycles. The van der Waals surface area contributed by atoms with Gasteiger partial charge in [0.25, 0.3) is 0 Å². The Hall–Kier alpha value is -1.26. The zero-order valence-electron chi connectivity index (χ0n) is 13.9. The summed E-state index contributed by atoms with van der Waals surface area (Å²) in [7, 11) is 3.12. The fraction of sp³-hybridized carbons (Fsp3) is 0.857. The van der Waals surface area contributed by atoms with Crippen molar-refractivity contribution in [3.05, 3.63) is 0 Å². The minimum absolute atomic E-state index is 0.0164. The largest absolute Gasteiger partial charge is 0.382 e. The van der Waals surface area contributed by atoms with Crippen LogP contribution in [0.25, 0.3) is 0 Å². The number of hydrogen-bond donors (Lipinski definition) is 2. The van der Waals surface area contributed by atoms with Crippen LogP contribution >= 0.6 is 0 Å². The Labute approximate surface area is 136 Å². The van der Waals surface area contributed by atoms with Gasteiger partial charge in [0.15, 0.2) is 0 Å². The summed E-state index contributed by atoms with van der Waals surface area (Å²) in [6.07, 6.45) is 0. The summed E-state index contributed by atoms with van der Waals surface area (Å²) < 4.78 is 25.5. The van der Waals surface area contributed by atoms with Gasteiger partial charge >= 0.3 is 0 Å². The SMILES string of the molecule is CNC(=O)COCCOCCOCCNC(=O)COCCOC. The summed E-state index contributed by atoms with van der Waals surface area (Å²) in [5.41, 5.74) is 0. The van der Waals surface area contributed by atoms with Crippen molar-refractivity contribution in [2.24, 2.45) is 0 Å². The third-order valence-electron chi connectivity index (χ3n) is 2.49. The van der Waals surface area contributed by atoms with E-state index in [4.69, 9.17) is 23.7 Å². The van der Waals surface area contributed by atoms with E-state index in [9.17, 15) is 9.59 Å². The maximum absolute atomic E-state index is 11.3. The standard InChI is InChI=1S/C14H28N2O7/c1-15-13(17)11-23-10-9-21-8-7-20-4-3-16-14(18)12-22-6-5-19-2/h3-12H2,1-2H3,(H,15,17)(H,16,18). The van der Waals surface area contributed by atoms with Gasteiger partial charge in [0, 0.05) is 20.7 Å². The van der Waals surface area contributed by atoms with Crippen molar-refractivity contribution >= 4 is 11.8 Å². The van der Waals surface area contributed by atoms with E-state index in [-0.39, 0.29) is 25.0 Å². The first-order valence-corrected chi connectivity index (χ1v) is 7.48. The molecule has 0 fully saturated rings. The lowest BCUT2D eigenvalue weighted by Crippen LogP contribution is -2.31. The van der Waals surface area contributed by atoms with Crippen molar-refractivity contribution in [3.8, 4) is 0 Å². The van der Waals surface area contributed by atoms with E-state index in [1.54, 1.807) is 14.2 Å². The Morgan fingerprint density at radius 2 is 1.26 bits per heavy atom. The van der Waals surface area contributed by atoms with E-state index in [1.165, 1.54) is 0 Å². The summed E-state index contributed by atoms with van der Waals surface area (Å²) in [5.74, 6) is -0.353. The highest BCUT2D eigenvalue weighted by Gasteiger charge is 2.00. The van der Waals surface area contributed by atoms with Crippen LogP contribution in [-0.4, -0.2) is 92.0 Å². The summed E-state index contributed by atoms with van der Waals surface area (Å²) in [6, 6.07) is 0. The summed E-state index contributed by atoms with van der Waals surface area (Å²) in [6.45, 7) is 3.34. The number of carbonyl (C=O) groups is 2. The first-order valence-electron chi connectivity index (χ1n) is 7.48. The fourth-order valence-electron chi connectivity index (χ4n) is 1.30. The molecule has 0 saturated carbocycles. The molecule has 0 aliphatic carbocycles. The van der Waals surface area contributed by atoms with Crippen LogP contribution in [0.15, 0.2) is 0 Å². The van der Waals surface area contributed by atoms with Gasteiger partial charge < -0.3 is 34.3 Å². The predicted molar refractivity (Wildman–Crippen MR) is 82.2 cm³/mol. The minimum atomic E-state index is -0.186. The monoisotopic (exact) mass is 336 g/mol. The average Bonchev–Trinajstić information content (AvgIpc) is 2.56. The molecule has 0 aromatic carbocycles. The van der Waals surface area contributed by atoms with Gasteiger partial charge in [-0.05, 0) is 0 Å². The molecule has 9 heteroatoms. The molecular formula is C14H28N2O7. The van der Waals surface area contributed by atoms with Gasteiger partial charge in [0.2, 0.25) is 11.8 Å². The Morgan fingerprint density at radius 3 is 1.87 bits per heavy atom. The molecule has 0 aliphatic rings. The summed E-state index contributed by atoms with van der Waals surface area (Å²) >= 11 is 0. The summed E-state index contributed by atoms with van der Waals surface area (Å²) in [4.78, 5) is 22.2. The smallest absolute Gasteiger partial charge is 0.246 e. The predicted octanol–water partition coefficient (Wildman–Crippen LogP) is -1.44. The molecule has 23 heavy (non-hydrogen) atoms. The van der Waals surface area contributed by atoms with Crippen LogP contribution in [0.5, 0.6) is 0 Å². The molecule has 0 atom stereocenters. The summed E-state index contributed by atoms with van der Waals surface area (Å²) in [5, 5.41) is 5.12. The number of amides is 2. The van der Waals surface area contributed by atoms with Crippen molar-refractivity contribution in [1.82, 2.24) is 10.6 Å². The van der Waals surface area contributed by atoms with Crippen molar-refractivity contribution in [1.29, 1.82) is 0 Å². The maximum atomic E-state index is 11.3. The molecule has 0 aliphatic heterocycles. The molecule has 9 nitrogen and oxygen atoms in total. The number of ether oxygens (including phenoxy) is 5. The van der Waals surface area contributed by atoms with Crippen molar-refractivity contribution in [2.75, 3.05) is 80.2 Å². The molecule has 2 amide bonds. The fourth-order valence-corrected chi connectivity index (χ4v) is 1.30. The Balaban J connectivity index is 3.15. The van der Waals surface area contributed by atoms with Crippen LogP contribution in [0.1, 0.15) is 0 Å². The number of hydrogen-bond acceptors (Lipinski definition) is 7. The van der Waals surface area contributed by atoms with Crippen molar-refractivity contribution in [2.45, 2.75) is 0 Å².